The third-order valence-corrected chi connectivity index (χ3v) is 4.39. The maximum atomic E-state index is 12.3. The molecule has 2 aromatic carbocycles. The highest BCUT2D eigenvalue weighted by molar-refractivity contribution is 8.03. The van der Waals surface area contributed by atoms with E-state index in [1.165, 1.54) is 0 Å². The van der Waals surface area contributed by atoms with Crippen LogP contribution in [0.1, 0.15) is 10.4 Å². The monoisotopic (exact) mass is 289 g/mol. The first kappa shape index (κ1) is 12.3. The highest BCUT2D eigenvalue weighted by atomic mass is 35.5. The summed E-state index contributed by atoms with van der Waals surface area (Å²) in [5.74, 6) is -0.328. The van der Waals surface area contributed by atoms with Crippen molar-refractivity contribution in [2.45, 2.75) is 4.90 Å². The van der Waals surface area contributed by atoms with Crippen molar-refractivity contribution in [3.63, 3.8) is 0 Å². The van der Waals surface area contributed by atoms with Crippen LogP contribution in [0.3, 0.4) is 0 Å². The highest BCUT2D eigenvalue weighted by Crippen LogP contribution is 2.30. The van der Waals surface area contributed by atoms with Crippen LogP contribution < -0.4 is 0 Å². The molecule has 1 aliphatic heterocycles. The molecule has 2 aromatic rings. The topological polar surface area (TPSA) is 46.5 Å². The van der Waals surface area contributed by atoms with Gasteiger partial charge in [0.25, 0.3) is 0 Å². The van der Waals surface area contributed by atoms with Gasteiger partial charge >= 0.3 is 0 Å². The second kappa shape index (κ2) is 4.72. The zero-order chi connectivity index (χ0) is 13.4. The number of rotatable bonds is 2. The lowest BCUT2D eigenvalue weighted by molar-refractivity contribution is 0.106. The van der Waals surface area contributed by atoms with E-state index in [0.29, 0.717) is 21.2 Å². The molecule has 0 saturated heterocycles. The van der Waals surface area contributed by atoms with Gasteiger partial charge in [0.05, 0.1) is 10.6 Å². The number of carbonyl (C=O) groups excluding carboxylic acids is 1. The molecule has 0 saturated carbocycles. The number of hydrogen-bond donors (Lipinski definition) is 0. The van der Waals surface area contributed by atoms with E-state index in [-0.39, 0.29) is 10.8 Å². The van der Waals surface area contributed by atoms with E-state index in [0.717, 1.165) is 0 Å². The summed E-state index contributed by atoms with van der Waals surface area (Å²) < 4.78 is 12.2. The van der Waals surface area contributed by atoms with Crippen LogP contribution in [0.5, 0.6) is 0 Å². The molecule has 0 aliphatic carbocycles. The van der Waals surface area contributed by atoms with Gasteiger partial charge in [0.2, 0.25) is 5.78 Å². The molecular formula is C14H8ClNO2S. The van der Waals surface area contributed by atoms with Crippen molar-refractivity contribution in [2.24, 2.45) is 4.99 Å². The SMILES string of the molecule is O=C(C1=Nc2ccccc2S1=O)c1ccc(Cl)cc1. The van der Waals surface area contributed by atoms with Crippen LogP contribution in [-0.2, 0) is 10.8 Å². The third-order valence-electron chi connectivity index (χ3n) is 2.76. The largest absolute Gasteiger partial charge is 0.286 e. The minimum atomic E-state index is -1.50. The fourth-order valence-electron chi connectivity index (χ4n) is 1.82. The summed E-state index contributed by atoms with van der Waals surface area (Å²) in [6, 6.07) is 13.5. The quantitative estimate of drug-likeness (QED) is 0.796. The molecule has 1 atom stereocenters. The molecule has 0 amide bonds. The van der Waals surface area contributed by atoms with Crippen molar-refractivity contribution in [3.05, 3.63) is 59.1 Å². The number of Topliss-reactive ketones (excluding diaryl/α,β-unsaturated/α-hetero) is 1. The number of ketones is 1. The molecule has 0 radical (unpaired) electrons. The average molecular weight is 290 g/mol. The Hall–Kier alpha value is -1.78. The van der Waals surface area contributed by atoms with Gasteiger partial charge in [-0.2, -0.15) is 0 Å². The maximum absolute atomic E-state index is 12.3. The number of fused-ring (bicyclic) bond motifs is 1. The Bertz CT molecular complexity index is 722. The fraction of sp³-hybridized carbons (Fsp3) is 0. The molecule has 0 N–H and O–H groups in total. The fourth-order valence-corrected chi connectivity index (χ4v) is 3.13. The highest BCUT2D eigenvalue weighted by Gasteiger charge is 2.28. The summed E-state index contributed by atoms with van der Waals surface area (Å²) >= 11 is 5.78. The summed E-state index contributed by atoms with van der Waals surface area (Å²) in [4.78, 5) is 17.0. The number of carbonyl (C=O) groups is 1. The summed E-state index contributed by atoms with van der Waals surface area (Å²) in [5, 5.41) is 0.623. The number of halogens is 1. The van der Waals surface area contributed by atoms with Crippen LogP contribution in [0.2, 0.25) is 5.02 Å². The summed E-state index contributed by atoms with van der Waals surface area (Å²) in [6.45, 7) is 0. The van der Waals surface area contributed by atoms with E-state index in [1.54, 1.807) is 48.5 Å². The molecule has 0 aromatic heterocycles. The molecule has 3 rings (SSSR count). The molecular weight excluding hydrogens is 282 g/mol. The van der Waals surface area contributed by atoms with Crippen LogP contribution in [-0.4, -0.2) is 15.0 Å². The Balaban J connectivity index is 1.99. The zero-order valence-corrected chi connectivity index (χ0v) is 11.2. The minimum Gasteiger partial charge on any atom is -0.286 e. The van der Waals surface area contributed by atoms with Crippen molar-refractivity contribution in [2.75, 3.05) is 0 Å². The van der Waals surface area contributed by atoms with Crippen molar-refractivity contribution in [1.82, 2.24) is 0 Å². The third kappa shape index (κ3) is 2.13. The molecule has 0 fully saturated rings. The van der Waals surface area contributed by atoms with Gasteiger partial charge in [-0.25, -0.2) is 9.20 Å². The van der Waals surface area contributed by atoms with E-state index in [4.69, 9.17) is 11.6 Å². The second-order valence-electron chi connectivity index (χ2n) is 3.99. The first-order chi connectivity index (χ1) is 9.16. The van der Waals surface area contributed by atoms with Crippen molar-refractivity contribution >= 4 is 38.9 Å². The molecule has 19 heavy (non-hydrogen) atoms. The lowest BCUT2D eigenvalue weighted by atomic mass is 10.1. The average Bonchev–Trinajstić information content (AvgIpc) is 2.77. The standard InChI is InChI=1S/C14H8ClNO2S/c15-10-7-5-9(6-8-10)13(17)14-16-11-3-1-2-4-12(11)19(14)18/h1-8H. The van der Waals surface area contributed by atoms with Crippen LogP contribution in [0.4, 0.5) is 5.69 Å². The number of aliphatic imine (C=N–C) groups is 1. The Labute approximate surface area is 117 Å². The zero-order valence-electron chi connectivity index (χ0n) is 9.67. The number of hydrogen-bond acceptors (Lipinski definition) is 3. The second-order valence-corrected chi connectivity index (χ2v) is 5.79. The van der Waals surface area contributed by atoms with Gasteiger partial charge in [-0.15, -0.1) is 0 Å². The molecule has 3 nitrogen and oxygen atoms in total. The van der Waals surface area contributed by atoms with Gasteiger partial charge in [0.1, 0.15) is 10.8 Å². The molecule has 94 valence electrons. The van der Waals surface area contributed by atoms with Crippen molar-refractivity contribution < 1.29 is 9.00 Å². The normalized spacial score (nSPS) is 16.9. The van der Waals surface area contributed by atoms with Gasteiger partial charge in [0.15, 0.2) is 5.04 Å². The van der Waals surface area contributed by atoms with Gasteiger partial charge < -0.3 is 0 Å². The summed E-state index contributed by atoms with van der Waals surface area (Å²) in [6.07, 6.45) is 0. The van der Waals surface area contributed by atoms with E-state index >= 15 is 0 Å². The minimum absolute atomic E-state index is 0.0727. The smallest absolute Gasteiger partial charge is 0.220 e. The van der Waals surface area contributed by atoms with Gasteiger partial charge in [-0.3, -0.25) is 4.79 Å². The first-order valence-corrected chi connectivity index (χ1v) is 7.09. The predicted octanol–water partition coefficient (Wildman–Crippen LogP) is 3.37. The van der Waals surface area contributed by atoms with E-state index in [1.807, 2.05) is 0 Å². The van der Waals surface area contributed by atoms with E-state index in [2.05, 4.69) is 4.99 Å². The molecule has 5 heteroatoms. The molecule has 1 heterocycles. The van der Waals surface area contributed by atoms with Gasteiger partial charge in [-0.1, -0.05) is 23.7 Å². The van der Waals surface area contributed by atoms with Crippen LogP contribution >= 0.6 is 11.6 Å². The lowest BCUT2D eigenvalue weighted by Gasteiger charge is -2.00. The Morgan fingerprint density at radius 3 is 2.42 bits per heavy atom. The lowest BCUT2D eigenvalue weighted by Crippen LogP contribution is -2.16. The molecule has 1 aliphatic rings. The Morgan fingerprint density at radius 1 is 1.05 bits per heavy atom. The molecule has 0 bridgehead atoms. The summed E-state index contributed by atoms with van der Waals surface area (Å²) in [7, 11) is -1.50. The van der Waals surface area contributed by atoms with Gasteiger partial charge in [0, 0.05) is 10.6 Å². The Kier molecular flexibility index (Phi) is 3.05. The Morgan fingerprint density at radius 2 is 1.74 bits per heavy atom. The van der Waals surface area contributed by atoms with Crippen LogP contribution in [0.15, 0.2) is 58.4 Å². The van der Waals surface area contributed by atoms with Crippen LogP contribution in [0.25, 0.3) is 0 Å². The van der Waals surface area contributed by atoms with Crippen molar-refractivity contribution in [3.8, 4) is 0 Å². The predicted molar refractivity (Wildman–Crippen MR) is 75.7 cm³/mol. The summed E-state index contributed by atoms with van der Waals surface area (Å²) in [5.41, 5.74) is 1.03. The van der Waals surface area contributed by atoms with Crippen LogP contribution in [0, 0.1) is 0 Å². The first-order valence-electron chi connectivity index (χ1n) is 5.56. The maximum Gasteiger partial charge on any atom is 0.220 e. The van der Waals surface area contributed by atoms with E-state index in [9.17, 15) is 9.00 Å². The molecule has 1 unspecified atom stereocenters. The van der Waals surface area contributed by atoms with Gasteiger partial charge in [-0.05, 0) is 36.4 Å². The number of para-hydroxylation sites is 1. The number of nitrogens with zero attached hydrogens (tertiary/aromatic N) is 1. The van der Waals surface area contributed by atoms with Crippen molar-refractivity contribution in [1.29, 1.82) is 0 Å². The number of benzene rings is 2. The molecule has 0 spiro atoms. The van der Waals surface area contributed by atoms with E-state index < -0.39 is 10.8 Å².